The summed E-state index contributed by atoms with van der Waals surface area (Å²) in [6.45, 7) is 7.99. The van der Waals surface area contributed by atoms with Gasteiger partial charge >= 0.3 is 0 Å². The molecule has 0 amide bonds. The van der Waals surface area contributed by atoms with Crippen LogP contribution in [0.2, 0.25) is 0 Å². The van der Waals surface area contributed by atoms with Gasteiger partial charge in [0.2, 0.25) is 0 Å². The lowest BCUT2D eigenvalue weighted by Gasteiger charge is -2.39. The number of tetrazole rings is 1. The number of nitrogens with one attached hydrogen (secondary N) is 1. The largest absolute Gasteiger partial charge is 0.376 e. The molecule has 2 aliphatic heterocycles. The quantitative estimate of drug-likeness (QED) is 0.275. The zero-order valence-electron chi connectivity index (χ0n) is 22.6. The molecule has 2 unspecified atom stereocenters. The van der Waals surface area contributed by atoms with Crippen molar-refractivity contribution in [2.75, 3.05) is 37.7 Å². The van der Waals surface area contributed by atoms with Gasteiger partial charge in [0.1, 0.15) is 6.04 Å². The SMILES string of the molecule is Cc1cc(C)c2[nH]c(=O)c(C(c3nnnn3CC3CCCO3)N3CCN(c4ccc([N+](=O)[O-])cc4)CC3)cc2c1. The molecule has 0 radical (unpaired) electrons. The first-order chi connectivity index (χ1) is 19.4. The lowest BCUT2D eigenvalue weighted by Crippen LogP contribution is -2.49. The van der Waals surface area contributed by atoms with Gasteiger partial charge in [-0.05, 0) is 72.3 Å². The van der Waals surface area contributed by atoms with Crippen LogP contribution in [0.4, 0.5) is 11.4 Å². The number of rotatable bonds is 7. The third kappa shape index (κ3) is 5.07. The number of non-ortho nitro benzene ring substituents is 1. The molecule has 1 N–H and O–H groups in total. The molecule has 2 aromatic carbocycles. The zero-order chi connectivity index (χ0) is 27.8. The van der Waals surface area contributed by atoms with E-state index in [2.05, 4.69) is 42.4 Å². The van der Waals surface area contributed by atoms with Crippen molar-refractivity contribution in [1.29, 1.82) is 0 Å². The van der Waals surface area contributed by atoms with E-state index in [0.29, 0.717) is 44.1 Å². The smallest absolute Gasteiger partial charge is 0.269 e. The number of aromatic amines is 1. The van der Waals surface area contributed by atoms with E-state index in [0.717, 1.165) is 47.2 Å². The first-order valence-electron chi connectivity index (χ1n) is 13.6. The summed E-state index contributed by atoms with van der Waals surface area (Å²) in [5, 5.41) is 24.8. The molecule has 0 bridgehead atoms. The molecule has 0 aliphatic carbocycles. The molecule has 4 aromatic rings. The van der Waals surface area contributed by atoms with Crippen LogP contribution in [0.1, 0.15) is 41.4 Å². The molecule has 2 aliphatic rings. The van der Waals surface area contributed by atoms with Gasteiger partial charge in [0, 0.05) is 56.2 Å². The number of piperazine rings is 1. The minimum Gasteiger partial charge on any atom is -0.376 e. The van der Waals surface area contributed by atoms with Gasteiger partial charge in [-0.1, -0.05) is 11.6 Å². The van der Waals surface area contributed by atoms with Gasteiger partial charge in [-0.2, -0.15) is 0 Å². The van der Waals surface area contributed by atoms with Crippen LogP contribution in [0.5, 0.6) is 0 Å². The molecule has 2 saturated heterocycles. The summed E-state index contributed by atoms with van der Waals surface area (Å²) >= 11 is 0. The molecule has 6 rings (SSSR count). The maximum atomic E-state index is 13.6. The number of pyridine rings is 1. The topological polar surface area (TPSA) is 135 Å². The van der Waals surface area contributed by atoms with Crippen molar-refractivity contribution in [1.82, 2.24) is 30.1 Å². The van der Waals surface area contributed by atoms with Crippen molar-refractivity contribution in [2.45, 2.75) is 45.4 Å². The van der Waals surface area contributed by atoms with Gasteiger partial charge in [0.15, 0.2) is 5.82 Å². The van der Waals surface area contributed by atoms with E-state index in [1.807, 2.05) is 19.9 Å². The Kier molecular flexibility index (Phi) is 7.03. The number of nitro benzene ring substituents is 1. The molecule has 40 heavy (non-hydrogen) atoms. The number of nitrogens with zero attached hydrogens (tertiary/aromatic N) is 7. The number of H-pyrrole nitrogens is 1. The first kappa shape index (κ1) is 26.1. The Morgan fingerprint density at radius 1 is 1.12 bits per heavy atom. The summed E-state index contributed by atoms with van der Waals surface area (Å²) in [5.41, 5.74) is 4.43. The molecule has 0 spiro atoms. The number of anilines is 1. The minimum atomic E-state index is -0.454. The fraction of sp³-hybridized carbons (Fsp3) is 0.429. The molecule has 2 aromatic heterocycles. The lowest BCUT2D eigenvalue weighted by atomic mass is 10.00. The van der Waals surface area contributed by atoms with Crippen molar-refractivity contribution in [3.8, 4) is 0 Å². The van der Waals surface area contributed by atoms with E-state index < -0.39 is 11.0 Å². The van der Waals surface area contributed by atoms with Crippen molar-refractivity contribution in [2.24, 2.45) is 0 Å². The Morgan fingerprint density at radius 2 is 1.90 bits per heavy atom. The van der Waals surface area contributed by atoms with Crippen molar-refractivity contribution >= 4 is 22.3 Å². The van der Waals surface area contributed by atoms with Gasteiger partial charge in [-0.25, -0.2) is 4.68 Å². The van der Waals surface area contributed by atoms with Gasteiger partial charge in [0.25, 0.3) is 11.2 Å². The van der Waals surface area contributed by atoms with Crippen LogP contribution in [0.15, 0.2) is 47.3 Å². The number of aryl methyl sites for hydroxylation is 2. The maximum Gasteiger partial charge on any atom is 0.269 e. The number of aromatic nitrogens is 5. The highest BCUT2D eigenvalue weighted by Gasteiger charge is 2.33. The molecular formula is C28H32N8O4. The number of ether oxygens (including phenoxy) is 1. The summed E-state index contributed by atoms with van der Waals surface area (Å²) in [6, 6.07) is 12.3. The highest BCUT2D eigenvalue weighted by molar-refractivity contribution is 5.83. The normalized spacial score (nSPS) is 18.9. The van der Waals surface area contributed by atoms with Crippen LogP contribution < -0.4 is 10.5 Å². The summed E-state index contributed by atoms with van der Waals surface area (Å²) in [7, 11) is 0. The van der Waals surface area contributed by atoms with Crippen LogP contribution >= 0.6 is 0 Å². The molecule has 2 atom stereocenters. The first-order valence-corrected chi connectivity index (χ1v) is 13.6. The van der Waals surface area contributed by atoms with E-state index in [1.165, 1.54) is 12.1 Å². The third-order valence-corrected chi connectivity index (χ3v) is 7.93. The summed E-state index contributed by atoms with van der Waals surface area (Å²) in [6.07, 6.45) is 2.01. The second kappa shape index (κ2) is 10.8. The number of fused-ring (bicyclic) bond motifs is 1. The average Bonchev–Trinajstić information content (AvgIpc) is 3.63. The number of hydrogen-bond acceptors (Lipinski definition) is 9. The molecule has 0 saturated carbocycles. The molecule has 12 nitrogen and oxygen atoms in total. The molecular weight excluding hydrogens is 512 g/mol. The lowest BCUT2D eigenvalue weighted by molar-refractivity contribution is -0.384. The number of hydrogen-bond donors (Lipinski definition) is 1. The van der Waals surface area contributed by atoms with E-state index in [-0.39, 0.29) is 17.4 Å². The van der Waals surface area contributed by atoms with E-state index >= 15 is 0 Å². The second-order valence-electron chi connectivity index (χ2n) is 10.7. The Hall–Kier alpha value is -4.16. The fourth-order valence-electron chi connectivity index (χ4n) is 5.95. The Labute approximate surface area is 230 Å². The number of nitro groups is 1. The summed E-state index contributed by atoms with van der Waals surface area (Å²) < 4.78 is 7.65. The fourth-order valence-corrected chi connectivity index (χ4v) is 5.95. The van der Waals surface area contributed by atoms with E-state index in [4.69, 9.17) is 4.74 Å². The predicted octanol–water partition coefficient (Wildman–Crippen LogP) is 3.13. The van der Waals surface area contributed by atoms with Crippen LogP contribution in [-0.4, -0.2) is 73.9 Å². The van der Waals surface area contributed by atoms with Crippen LogP contribution in [0.25, 0.3) is 10.9 Å². The van der Waals surface area contributed by atoms with E-state index in [1.54, 1.807) is 16.8 Å². The molecule has 12 heteroatoms. The summed E-state index contributed by atoms with van der Waals surface area (Å²) in [4.78, 5) is 31.9. The van der Waals surface area contributed by atoms with Gasteiger partial charge in [0.05, 0.1) is 23.1 Å². The maximum absolute atomic E-state index is 13.6. The third-order valence-electron chi connectivity index (χ3n) is 7.93. The molecule has 208 valence electrons. The van der Waals surface area contributed by atoms with E-state index in [9.17, 15) is 14.9 Å². The Morgan fingerprint density at radius 3 is 2.60 bits per heavy atom. The minimum absolute atomic E-state index is 0.0436. The number of benzene rings is 2. The second-order valence-corrected chi connectivity index (χ2v) is 10.7. The zero-order valence-corrected chi connectivity index (χ0v) is 22.6. The monoisotopic (exact) mass is 544 g/mol. The van der Waals surface area contributed by atoms with Crippen LogP contribution in [0.3, 0.4) is 0 Å². The van der Waals surface area contributed by atoms with Crippen molar-refractivity contribution < 1.29 is 9.66 Å². The van der Waals surface area contributed by atoms with Crippen LogP contribution in [0, 0.1) is 24.0 Å². The average molecular weight is 545 g/mol. The standard InChI is InChI=1S/C28H32N8O4/c1-18-14-19(2)25-20(15-18)16-24(28(37)29-25)26(27-30-31-32-35(27)17-23-4-3-13-40-23)34-11-9-33(10-12-34)21-5-7-22(8-6-21)36(38)39/h5-8,14-16,23,26H,3-4,9-13,17H2,1-2H3,(H,29,37). The highest BCUT2D eigenvalue weighted by Crippen LogP contribution is 2.30. The van der Waals surface area contributed by atoms with Gasteiger partial charge in [-0.15, -0.1) is 5.10 Å². The summed E-state index contributed by atoms with van der Waals surface area (Å²) in [5.74, 6) is 0.619. The Bertz CT molecular complexity index is 1580. The van der Waals surface area contributed by atoms with Crippen LogP contribution in [-0.2, 0) is 11.3 Å². The van der Waals surface area contributed by atoms with Crippen molar-refractivity contribution in [3.63, 3.8) is 0 Å². The molecule has 2 fully saturated rings. The van der Waals surface area contributed by atoms with Gasteiger partial charge in [-0.3, -0.25) is 19.8 Å². The predicted molar refractivity (Wildman–Crippen MR) is 150 cm³/mol. The van der Waals surface area contributed by atoms with Crippen molar-refractivity contribution in [3.05, 3.63) is 85.4 Å². The molecule has 4 heterocycles. The Balaban J connectivity index is 1.35. The van der Waals surface area contributed by atoms with Gasteiger partial charge < -0.3 is 14.6 Å². The highest BCUT2D eigenvalue weighted by atomic mass is 16.6.